The van der Waals surface area contributed by atoms with Crippen LogP contribution in [-0.2, 0) is 0 Å². The molecule has 0 aliphatic heterocycles. The van der Waals surface area contributed by atoms with Crippen LogP contribution >= 0.6 is 0 Å². The predicted octanol–water partition coefficient (Wildman–Crippen LogP) is 1.80. The van der Waals surface area contributed by atoms with Crippen LogP contribution in [0.25, 0.3) is 0 Å². The van der Waals surface area contributed by atoms with Crippen LogP contribution < -0.4 is 4.90 Å². The standard InChI is InChI=1S/C10H15N3/c1-8(2)6-13(4)10-5-9(3)11-7-12-10/h5,7H,1,6H2,2-4H3. The van der Waals surface area contributed by atoms with Gasteiger partial charge in [0.05, 0.1) is 0 Å². The third-order valence-electron chi connectivity index (χ3n) is 1.69. The molecule has 0 spiro atoms. The van der Waals surface area contributed by atoms with Gasteiger partial charge in [-0.3, -0.25) is 0 Å². The van der Waals surface area contributed by atoms with Gasteiger partial charge in [-0.2, -0.15) is 0 Å². The molecular weight excluding hydrogens is 162 g/mol. The van der Waals surface area contributed by atoms with Crippen LogP contribution in [-0.4, -0.2) is 23.6 Å². The van der Waals surface area contributed by atoms with Crippen molar-refractivity contribution in [3.8, 4) is 0 Å². The van der Waals surface area contributed by atoms with Crippen LogP contribution in [0.4, 0.5) is 5.82 Å². The van der Waals surface area contributed by atoms with Gasteiger partial charge in [0.2, 0.25) is 0 Å². The molecular formula is C10H15N3. The molecule has 1 heterocycles. The zero-order chi connectivity index (χ0) is 9.84. The first kappa shape index (κ1) is 9.71. The second-order valence-electron chi connectivity index (χ2n) is 3.33. The van der Waals surface area contributed by atoms with E-state index in [2.05, 4.69) is 21.4 Å². The van der Waals surface area contributed by atoms with Gasteiger partial charge < -0.3 is 4.90 Å². The minimum absolute atomic E-state index is 0.830. The summed E-state index contributed by atoms with van der Waals surface area (Å²) in [5, 5.41) is 0. The molecule has 13 heavy (non-hydrogen) atoms. The van der Waals surface area contributed by atoms with Crippen molar-refractivity contribution in [2.45, 2.75) is 13.8 Å². The summed E-state index contributed by atoms with van der Waals surface area (Å²) in [4.78, 5) is 10.3. The first-order valence-electron chi connectivity index (χ1n) is 4.24. The summed E-state index contributed by atoms with van der Waals surface area (Å²) in [7, 11) is 2.00. The van der Waals surface area contributed by atoms with Crippen molar-refractivity contribution < 1.29 is 0 Å². The Bertz CT molecular complexity index is 307. The Hall–Kier alpha value is -1.38. The van der Waals surface area contributed by atoms with Crippen LogP contribution in [0.2, 0.25) is 0 Å². The third-order valence-corrected chi connectivity index (χ3v) is 1.69. The van der Waals surface area contributed by atoms with Crippen molar-refractivity contribution >= 4 is 5.82 Å². The largest absolute Gasteiger partial charge is 0.356 e. The molecule has 1 aromatic heterocycles. The normalized spacial score (nSPS) is 9.77. The van der Waals surface area contributed by atoms with Gasteiger partial charge in [-0.15, -0.1) is 0 Å². The van der Waals surface area contributed by atoms with Crippen LogP contribution in [0.3, 0.4) is 0 Å². The molecule has 0 aromatic carbocycles. The summed E-state index contributed by atoms with van der Waals surface area (Å²) < 4.78 is 0. The fourth-order valence-corrected chi connectivity index (χ4v) is 1.14. The van der Waals surface area contributed by atoms with Crippen molar-refractivity contribution in [1.82, 2.24) is 9.97 Å². The summed E-state index contributed by atoms with van der Waals surface area (Å²) in [5.74, 6) is 0.940. The minimum atomic E-state index is 0.830. The molecule has 3 nitrogen and oxygen atoms in total. The molecule has 0 saturated heterocycles. The molecule has 0 bridgehead atoms. The lowest BCUT2D eigenvalue weighted by molar-refractivity contribution is 0.935. The topological polar surface area (TPSA) is 29.0 Å². The average Bonchev–Trinajstić information content (AvgIpc) is 2.03. The fraction of sp³-hybridized carbons (Fsp3) is 0.400. The fourth-order valence-electron chi connectivity index (χ4n) is 1.14. The number of hydrogen-bond acceptors (Lipinski definition) is 3. The Kier molecular flexibility index (Phi) is 3.01. The summed E-state index contributed by atoms with van der Waals surface area (Å²) in [6.07, 6.45) is 1.58. The van der Waals surface area contributed by atoms with Crippen molar-refractivity contribution in [1.29, 1.82) is 0 Å². The molecule has 0 saturated carbocycles. The smallest absolute Gasteiger partial charge is 0.132 e. The van der Waals surface area contributed by atoms with Crippen LogP contribution in [0.15, 0.2) is 24.5 Å². The molecule has 0 aliphatic rings. The van der Waals surface area contributed by atoms with Gasteiger partial charge in [0.15, 0.2) is 0 Å². The van der Waals surface area contributed by atoms with E-state index in [0.29, 0.717) is 0 Å². The van der Waals surface area contributed by atoms with E-state index in [1.54, 1.807) is 6.33 Å². The van der Waals surface area contributed by atoms with Gasteiger partial charge in [0.1, 0.15) is 12.1 Å². The Morgan fingerprint density at radius 2 is 2.23 bits per heavy atom. The van der Waals surface area contributed by atoms with Gasteiger partial charge in [0.25, 0.3) is 0 Å². The first-order valence-corrected chi connectivity index (χ1v) is 4.24. The Labute approximate surface area is 79.1 Å². The van der Waals surface area contributed by atoms with E-state index in [0.717, 1.165) is 23.6 Å². The summed E-state index contributed by atoms with van der Waals surface area (Å²) >= 11 is 0. The van der Waals surface area contributed by atoms with E-state index in [9.17, 15) is 0 Å². The highest BCUT2D eigenvalue weighted by molar-refractivity contribution is 5.38. The van der Waals surface area contributed by atoms with Crippen molar-refractivity contribution in [2.75, 3.05) is 18.5 Å². The van der Waals surface area contributed by atoms with E-state index in [-0.39, 0.29) is 0 Å². The van der Waals surface area contributed by atoms with Crippen molar-refractivity contribution in [3.05, 3.63) is 30.2 Å². The highest BCUT2D eigenvalue weighted by Crippen LogP contribution is 2.09. The van der Waals surface area contributed by atoms with Crippen LogP contribution in [0.1, 0.15) is 12.6 Å². The Morgan fingerprint density at radius 3 is 2.77 bits per heavy atom. The first-order chi connectivity index (χ1) is 6.09. The van der Waals surface area contributed by atoms with Gasteiger partial charge in [0, 0.05) is 25.4 Å². The number of aryl methyl sites for hydroxylation is 1. The molecule has 0 radical (unpaired) electrons. The second kappa shape index (κ2) is 4.03. The monoisotopic (exact) mass is 177 g/mol. The van der Waals surface area contributed by atoms with E-state index in [1.165, 1.54) is 0 Å². The Morgan fingerprint density at radius 1 is 1.54 bits per heavy atom. The lowest BCUT2D eigenvalue weighted by Crippen LogP contribution is -2.20. The molecule has 1 aromatic rings. The van der Waals surface area contributed by atoms with Gasteiger partial charge in [-0.1, -0.05) is 12.2 Å². The van der Waals surface area contributed by atoms with Crippen molar-refractivity contribution in [2.24, 2.45) is 0 Å². The SMILES string of the molecule is C=C(C)CN(C)c1cc(C)ncn1. The zero-order valence-corrected chi connectivity index (χ0v) is 8.41. The van der Waals surface area contributed by atoms with Crippen LogP contribution in [0, 0.1) is 6.92 Å². The highest BCUT2D eigenvalue weighted by Gasteiger charge is 2.01. The van der Waals surface area contributed by atoms with E-state index < -0.39 is 0 Å². The van der Waals surface area contributed by atoms with Gasteiger partial charge in [-0.05, 0) is 13.8 Å². The number of likely N-dealkylation sites (N-methyl/N-ethyl adjacent to an activating group) is 1. The molecule has 0 unspecified atom stereocenters. The Balaban J connectivity index is 2.76. The zero-order valence-electron chi connectivity index (χ0n) is 8.41. The maximum Gasteiger partial charge on any atom is 0.132 e. The summed E-state index contributed by atoms with van der Waals surface area (Å²) in [6, 6.07) is 1.96. The highest BCUT2D eigenvalue weighted by atomic mass is 15.2. The number of rotatable bonds is 3. The third kappa shape index (κ3) is 2.86. The van der Waals surface area contributed by atoms with E-state index in [1.807, 2.05) is 27.0 Å². The second-order valence-corrected chi connectivity index (χ2v) is 3.33. The van der Waals surface area contributed by atoms with Gasteiger partial charge >= 0.3 is 0 Å². The van der Waals surface area contributed by atoms with Crippen molar-refractivity contribution in [3.63, 3.8) is 0 Å². The van der Waals surface area contributed by atoms with Crippen LogP contribution in [0.5, 0.6) is 0 Å². The molecule has 3 heteroatoms. The molecule has 1 rings (SSSR count). The van der Waals surface area contributed by atoms with E-state index >= 15 is 0 Å². The molecule has 0 aliphatic carbocycles. The predicted molar refractivity (Wildman–Crippen MR) is 54.9 cm³/mol. The average molecular weight is 177 g/mol. The number of aromatic nitrogens is 2. The molecule has 0 fully saturated rings. The maximum atomic E-state index is 4.17. The lowest BCUT2D eigenvalue weighted by Gasteiger charge is -2.17. The molecule has 70 valence electrons. The summed E-state index contributed by atoms with van der Waals surface area (Å²) in [6.45, 7) is 8.65. The number of anilines is 1. The molecule has 0 N–H and O–H groups in total. The maximum absolute atomic E-state index is 4.17. The molecule has 0 amide bonds. The minimum Gasteiger partial charge on any atom is -0.356 e. The number of hydrogen-bond donors (Lipinski definition) is 0. The van der Waals surface area contributed by atoms with Gasteiger partial charge in [-0.25, -0.2) is 9.97 Å². The quantitative estimate of drug-likeness (QED) is 0.659. The summed E-state index contributed by atoms with van der Waals surface area (Å²) in [5.41, 5.74) is 2.11. The lowest BCUT2D eigenvalue weighted by atomic mass is 10.3. The number of nitrogens with zero attached hydrogens (tertiary/aromatic N) is 3. The molecule has 0 atom stereocenters. The van der Waals surface area contributed by atoms with E-state index in [4.69, 9.17) is 0 Å².